The molecular weight excluding hydrogens is 229 g/mol. The molecule has 0 amide bonds. The molecule has 0 radical (unpaired) electrons. The Labute approximate surface area is 106 Å². The second-order valence-corrected chi connectivity index (χ2v) is 4.82. The van der Waals surface area contributed by atoms with Crippen molar-refractivity contribution in [1.82, 2.24) is 9.55 Å². The molecule has 0 fully saturated rings. The molecule has 2 rings (SSSR count). The summed E-state index contributed by atoms with van der Waals surface area (Å²) >= 11 is 0. The van der Waals surface area contributed by atoms with E-state index in [0.717, 1.165) is 17.1 Å². The fourth-order valence-corrected chi connectivity index (χ4v) is 2.22. The van der Waals surface area contributed by atoms with E-state index in [-0.39, 0.29) is 11.9 Å². The molecular formula is C14H18FN3. The summed E-state index contributed by atoms with van der Waals surface area (Å²) in [7, 11) is 0. The predicted octanol–water partition coefficient (Wildman–Crippen LogP) is 3.47. The van der Waals surface area contributed by atoms with Crippen LogP contribution < -0.4 is 5.73 Å². The fourth-order valence-electron chi connectivity index (χ4n) is 2.22. The van der Waals surface area contributed by atoms with Gasteiger partial charge in [0.05, 0.1) is 0 Å². The summed E-state index contributed by atoms with van der Waals surface area (Å²) in [5.74, 6) is 1.30. The molecule has 2 N–H and O–H groups in total. The lowest BCUT2D eigenvalue weighted by Crippen LogP contribution is -2.07. The third kappa shape index (κ3) is 1.98. The van der Waals surface area contributed by atoms with Crippen molar-refractivity contribution < 1.29 is 4.39 Å². The number of aromatic nitrogens is 2. The van der Waals surface area contributed by atoms with Crippen molar-refractivity contribution >= 4 is 5.82 Å². The summed E-state index contributed by atoms with van der Waals surface area (Å²) in [5, 5.41) is 0. The lowest BCUT2D eigenvalue weighted by Gasteiger charge is -2.11. The zero-order valence-corrected chi connectivity index (χ0v) is 11.2. The van der Waals surface area contributed by atoms with Crippen LogP contribution in [0.15, 0.2) is 18.2 Å². The molecule has 0 aliphatic heterocycles. The Morgan fingerprint density at radius 1 is 1.28 bits per heavy atom. The van der Waals surface area contributed by atoms with Gasteiger partial charge in [0.2, 0.25) is 0 Å². The van der Waals surface area contributed by atoms with Crippen LogP contribution in [0.25, 0.3) is 11.3 Å². The molecule has 0 saturated carbocycles. The second-order valence-electron chi connectivity index (χ2n) is 4.82. The van der Waals surface area contributed by atoms with Crippen molar-refractivity contribution in [2.75, 3.05) is 5.73 Å². The summed E-state index contributed by atoms with van der Waals surface area (Å²) < 4.78 is 15.3. The van der Waals surface area contributed by atoms with Crippen molar-refractivity contribution in [3.8, 4) is 11.3 Å². The number of aryl methyl sites for hydroxylation is 2. The third-order valence-electron chi connectivity index (χ3n) is 3.07. The topological polar surface area (TPSA) is 43.8 Å². The van der Waals surface area contributed by atoms with Gasteiger partial charge < -0.3 is 10.3 Å². The molecule has 1 aromatic carbocycles. The van der Waals surface area contributed by atoms with Gasteiger partial charge in [0.1, 0.15) is 23.2 Å². The average Bonchev–Trinajstić information content (AvgIpc) is 2.58. The number of halogens is 1. The summed E-state index contributed by atoms with van der Waals surface area (Å²) in [6, 6.07) is 5.20. The lowest BCUT2D eigenvalue weighted by molar-refractivity contribution is 0.590. The van der Waals surface area contributed by atoms with Crippen molar-refractivity contribution in [3.63, 3.8) is 0 Å². The van der Waals surface area contributed by atoms with Crippen LogP contribution in [-0.2, 0) is 0 Å². The van der Waals surface area contributed by atoms with E-state index in [0.29, 0.717) is 11.4 Å². The highest BCUT2D eigenvalue weighted by Crippen LogP contribution is 2.29. The molecule has 1 heterocycles. The molecule has 0 aliphatic carbocycles. The maximum atomic E-state index is 13.3. The zero-order chi connectivity index (χ0) is 13.4. The Balaban J connectivity index is 2.58. The van der Waals surface area contributed by atoms with Crippen LogP contribution in [0.5, 0.6) is 0 Å². The first kappa shape index (κ1) is 12.6. The van der Waals surface area contributed by atoms with Crippen molar-refractivity contribution in [2.24, 2.45) is 0 Å². The van der Waals surface area contributed by atoms with Gasteiger partial charge in [-0.15, -0.1) is 0 Å². The average molecular weight is 247 g/mol. The summed E-state index contributed by atoms with van der Waals surface area (Å²) in [6.45, 7) is 7.78. The van der Waals surface area contributed by atoms with Crippen LogP contribution in [0.2, 0.25) is 0 Å². The Morgan fingerprint density at radius 2 is 1.94 bits per heavy atom. The molecule has 2 aromatic rings. The van der Waals surface area contributed by atoms with Crippen molar-refractivity contribution in [2.45, 2.75) is 33.7 Å². The van der Waals surface area contributed by atoms with Gasteiger partial charge >= 0.3 is 0 Å². The Morgan fingerprint density at radius 3 is 2.44 bits per heavy atom. The number of benzene rings is 1. The van der Waals surface area contributed by atoms with Crippen LogP contribution in [0.1, 0.15) is 31.3 Å². The van der Waals surface area contributed by atoms with E-state index in [1.54, 1.807) is 19.1 Å². The van der Waals surface area contributed by atoms with E-state index >= 15 is 0 Å². The van der Waals surface area contributed by atoms with Gasteiger partial charge in [-0.3, -0.25) is 0 Å². The van der Waals surface area contributed by atoms with Gasteiger partial charge in [-0.05, 0) is 51.5 Å². The number of nitrogen functional groups attached to an aromatic ring is 1. The first-order valence-electron chi connectivity index (χ1n) is 6.02. The van der Waals surface area contributed by atoms with E-state index in [4.69, 9.17) is 5.73 Å². The van der Waals surface area contributed by atoms with Gasteiger partial charge in [-0.2, -0.15) is 0 Å². The smallest absolute Gasteiger partial charge is 0.131 e. The largest absolute Gasteiger partial charge is 0.383 e. The number of nitrogens with two attached hydrogens (primary N) is 1. The van der Waals surface area contributed by atoms with Gasteiger partial charge in [-0.1, -0.05) is 0 Å². The maximum Gasteiger partial charge on any atom is 0.131 e. The molecule has 4 heteroatoms. The highest BCUT2D eigenvalue weighted by Gasteiger charge is 2.15. The van der Waals surface area contributed by atoms with E-state index < -0.39 is 0 Å². The van der Waals surface area contributed by atoms with Crippen molar-refractivity contribution in [1.29, 1.82) is 0 Å². The molecule has 96 valence electrons. The molecule has 0 aliphatic rings. The minimum atomic E-state index is -0.211. The lowest BCUT2D eigenvalue weighted by atomic mass is 10.1. The summed E-state index contributed by atoms with van der Waals surface area (Å²) in [6.07, 6.45) is 0. The molecule has 18 heavy (non-hydrogen) atoms. The normalized spacial score (nSPS) is 11.2. The van der Waals surface area contributed by atoms with E-state index in [9.17, 15) is 4.39 Å². The van der Waals surface area contributed by atoms with E-state index in [1.165, 1.54) is 6.07 Å². The first-order valence-corrected chi connectivity index (χ1v) is 6.02. The number of hydrogen-bond donors (Lipinski definition) is 1. The zero-order valence-electron chi connectivity index (χ0n) is 11.2. The summed E-state index contributed by atoms with van der Waals surface area (Å²) in [5.41, 5.74) is 8.31. The number of anilines is 1. The molecule has 0 unspecified atom stereocenters. The highest BCUT2D eigenvalue weighted by molar-refractivity contribution is 5.71. The predicted molar refractivity (Wildman–Crippen MR) is 71.9 cm³/mol. The Hall–Kier alpha value is -1.84. The number of hydrogen-bond acceptors (Lipinski definition) is 2. The van der Waals surface area contributed by atoms with Crippen LogP contribution in [0, 0.1) is 19.7 Å². The Kier molecular flexibility index (Phi) is 3.11. The fraction of sp³-hybridized carbons (Fsp3) is 0.357. The first-order chi connectivity index (χ1) is 8.41. The minimum Gasteiger partial charge on any atom is -0.383 e. The van der Waals surface area contributed by atoms with Crippen LogP contribution in [0.3, 0.4) is 0 Å². The van der Waals surface area contributed by atoms with Gasteiger partial charge in [-0.25, -0.2) is 9.37 Å². The van der Waals surface area contributed by atoms with Crippen LogP contribution >= 0.6 is 0 Å². The molecule has 3 nitrogen and oxygen atoms in total. The van der Waals surface area contributed by atoms with Gasteiger partial charge in [0, 0.05) is 11.6 Å². The standard InChI is InChI=1S/C14H18FN3/c1-8(2)18-10(4)17-13(14(18)16)11-5-6-12(15)9(3)7-11/h5-8H,16H2,1-4H3. The number of nitrogens with zero attached hydrogens (tertiary/aromatic N) is 2. The highest BCUT2D eigenvalue weighted by atomic mass is 19.1. The SMILES string of the molecule is Cc1cc(-c2nc(C)n(C(C)C)c2N)ccc1F. The summed E-state index contributed by atoms with van der Waals surface area (Å²) in [4.78, 5) is 4.49. The number of imidazole rings is 1. The molecule has 0 bridgehead atoms. The molecule has 1 aromatic heterocycles. The third-order valence-corrected chi connectivity index (χ3v) is 3.07. The minimum absolute atomic E-state index is 0.211. The maximum absolute atomic E-state index is 13.3. The monoisotopic (exact) mass is 247 g/mol. The van der Waals surface area contributed by atoms with Crippen LogP contribution in [-0.4, -0.2) is 9.55 Å². The second kappa shape index (κ2) is 4.44. The Bertz CT molecular complexity index is 585. The van der Waals surface area contributed by atoms with Crippen molar-refractivity contribution in [3.05, 3.63) is 35.4 Å². The van der Waals surface area contributed by atoms with Gasteiger partial charge in [0.15, 0.2) is 0 Å². The quantitative estimate of drug-likeness (QED) is 0.883. The number of rotatable bonds is 2. The van der Waals surface area contributed by atoms with Gasteiger partial charge in [0.25, 0.3) is 0 Å². The van der Waals surface area contributed by atoms with E-state index in [1.807, 2.05) is 11.5 Å². The molecule has 0 spiro atoms. The molecule has 0 saturated heterocycles. The van der Waals surface area contributed by atoms with E-state index in [2.05, 4.69) is 18.8 Å². The van der Waals surface area contributed by atoms with Crippen LogP contribution in [0.4, 0.5) is 10.2 Å². The molecule has 0 atom stereocenters.